The molecule has 10 aromatic carbocycles. The van der Waals surface area contributed by atoms with Crippen LogP contribution >= 0.6 is 11.8 Å². The summed E-state index contributed by atoms with van der Waals surface area (Å²) in [6.07, 6.45) is 0. The monoisotopic (exact) mass is 887 g/mol. The number of anilines is 6. The van der Waals surface area contributed by atoms with Crippen molar-refractivity contribution in [3.63, 3.8) is 0 Å². The van der Waals surface area contributed by atoms with Crippen molar-refractivity contribution in [1.82, 2.24) is 4.57 Å². The van der Waals surface area contributed by atoms with Gasteiger partial charge in [0.2, 0.25) is 0 Å². The maximum absolute atomic E-state index is 2.54. The average molecular weight is 888 g/mol. The molecule has 2 aliphatic heterocycles. The lowest BCUT2D eigenvalue weighted by molar-refractivity contribution is 0.660. The van der Waals surface area contributed by atoms with Crippen molar-refractivity contribution in [2.75, 3.05) is 9.80 Å². The summed E-state index contributed by atoms with van der Waals surface area (Å²) in [5, 5.41) is 2.50. The first-order valence-electron chi connectivity index (χ1n) is 23.6. The van der Waals surface area contributed by atoms with E-state index in [4.69, 9.17) is 0 Å². The molecular weight excluding hydrogens is 843 g/mol. The van der Waals surface area contributed by atoms with E-state index in [1.54, 1.807) is 0 Å². The summed E-state index contributed by atoms with van der Waals surface area (Å²) in [6.45, 7) is 4.72. The Morgan fingerprint density at radius 3 is 1.69 bits per heavy atom. The van der Waals surface area contributed by atoms with Crippen LogP contribution < -0.4 is 9.80 Å². The second-order valence-corrected chi connectivity index (χ2v) is 19.9. The molecular formula is C64H45N3S. The van der Waals surface area contributed by atoms with Crippen molar-refractivity contribution in [2.24, 2.45) is 0 Å². The highest BCUT2D eigenvalue weighted by Gasteiger charge is 2.50. The number of aromatic nitrogens is 1. The van der Waals surface area contributed by atoms with Crippen molar-refractivity contribution in [3.05, 3.63) is 270 Å². The van der Waals surface area contributed by atoms with Gasteiger partial charge in [0, 0.05) is 54.4 Å². The van der Waals surface area contributed by atoms with Crippen LogP contribution in [-0.2, 0) is 10.8 Å². The minimum atomic E-state index is -0.586. The maximum Gasteiger partial charge on any atom is 0.0764 e. The Balaban J connectivity index is 0.974. The van der Waals surface area contributed by atoms with Gasteiger partial charge in [-0.25, -0.2) is 0 Å². The highest BCUT2D eigenvalue weighted by molar-refractivity contribution is 7.99. The standard InChI is InChI=1S/C64H45N3S/c1-63(2)51-25-11-9-23-47(51)48-38-37-46(39-55(48)63)65(42-19-5-3-6-20-42)44-33-35-45(36-34-44)66-57-29-15-10-24-49(57)50-40-62-56(41-60(50)66)64(54-28-14-18-32-61(54)68-62)52-26-12-16-30-58(52)67(43-21-7-4-8-22-43)59-31-17-13-27-53(59)64/h3-41H,1-2H3. The normalized spacial score (nSPS) is 14.5. The zero-order valence-electron chi connectivity index (χ0n) is 37.8. The second kappa shape index (κ2) is 14.7. The van der Waals surface area contributed by atoms with E-state index in [1.807, 2.05) is 11.8 Å². The number of fused-ring (bicyclic) bond motifs is 14. The molecule has 0 bridgehead atoms. The van der Waals surface area contributed by atoms with E-state index in [2.05, 4.69) is 265 Å². The molecule has 0 radical (unpaired) electrons. The second-order valence-electron chi connectivity index (χ2n) is 18.9. The van der Waals surface area contributed by atoms with Crippen molar-refractivity contribution < 1.29 is 0 Å². The molecule has 0 amide bonds. The van der Waals surface area contributed by atoms with Crippen molar-refractivity contribution in [2.45, 2.75) is 34.5 Å². The molecule has 0 atom stereocenters. The lowest BCUT2D eigenvalue weighted by Crippen LogP contribution is -2.39. The van der Waals surface area contributed by atoms with Gasteiger partial charge in [0.05, 0.1) is 27.8 Å². The van der Waals surface area contributed by atoms with Gasteiger partial charge >= 0.3 is 0 Å². The fourth-order valence-electron chi connectivity index (χ4n) is 12.1. The van der Waals surface area contributed by atoms with Crippen molar-refractivity contribution in [3.8, 4) is 16.8 Å². The number of para-hydroxylation sites is 5. The number of hydrogen-bond acceptors (Lipinski definition) is 3. The Kier molecular flexibility index (Phi) is 8.48. The first-order chi connectivity index (χ1) is 33.5. The van der Waals surface area contributed by atoms with E-state index in [1.165, 1.54) is 87.5 Å². The predicted molar refractivity (Wildman–Crippen MR) is 284 cm³/mol. The molecule has 3 aliphatic rings. The zero-order chi connectivity index (χ0) is 45.1. The van der Waals surface area contributed by atoms with Crippen molar-refractivity contribution >= 4 is 67.7 Å². The van der Waals surface area contributed by atoms with E-state index >= 15 is 0 Å². The molecule has 3 nitrogen and oxygen atoms in total. The number of rotatable bonds is 5. The van der Waals surface area contributed by atoms with Crippen molar-refractivity contribution in [1.29, 1.82) is 0 Å². The topological polar surface area (TPSA) is 11.4 Å². The van der Waals surface area contributed by atoms with Crippen LogP contribution in [0.4, 0.5) is 34.1 Å². The Labute approximate surface area is 401 Å². The minimum Gasteiger partial charge on any atom is -0.310 e. The molecule has 1 spiro atoms. The molecule has 0 N–H and O–H groups in total. The van der Waals surface area contributed by atoms with Crippen LogP contribution in [-0.4, -0.2) is 4.57 Å². The van der Waals surface area contributed by atoms with E-state index in [-0.39, 0.29) is 5.41 Å². The Morgan fingerprint density at radius 1 is 0.368 bits per heavy atom. The van der Waals surface area contributed by atoms with Gasteiger partial charge in [-0.1, -0.05) is 165 Å². The van der Waals surface area contributed by atoms with Gasteiger partial charge in [0.25, 0.3) is 0 Å². The van der Waals surface area contributed by atoms with Crippen LogP contribution in [0.15, 0.2) is 246 Å². The maximum atomic E-state index is 2.54. The molecule has 0 unspecified atom stereocenters. The Bertz CT molecular complexity index is 3760. The first-order valence-corrected chi connectivity index (χ1v) is 24.4. The Hall–Kier alpha value is -8.05. The van der Waals surface area contributed by atoms with Crippen LogP contribution in [0, 0.1) is 0 Å². The highest BCUT2D eigenvalue weighted by atomic mass is 32.2. The van der Waals surface area contributed by atoms with E-state index in [0.717, 1.165) is 28.4 Å². The third-order valence-electron chi connectivity index (χ3n) is 15.0. The molecule has 11 aromatic rings. The number of nitrogens with zero attached hydrogens (tertiary/aromatic N) is 3. The summed E-state index contributed by atoms with van der Waals surface area (Å²) >= 11 is 1.90. The molecule has 1 aliphatic carbocycles. The number of hydrogen-bond donors (Lipinski definition) is 0. The molecule has 1 aromatic heterocycles. The van der Waals surface area contributed by atoms with E-state index in [9.17, 15) is 0 Å². The lowest BCUT2D eigenvalue weighted by atomic mass is 9.62. The van der Waals surface area contributed by atoms with Crippen LogP contribution in [0.3, 0.4) is 0 Å². The van der Waals surface area contributed by atoms with Gasteiger partial charge < -0.3 is 14.4 Å². The summed E-state index contributed by atoms with van der Waals surface area (Å²) in [6, 6.07) is 88.0. The molecule has 4 heteroatoms. The summed E-state index contributed by atoms with van der Waals surface area (Å²) in [5.41, 5.74) is 20.3. The summed E-state index contributed by atoms with van der Waals surface area (Å²) in [4.78, 5) is 7.43. The molecule has 3 heterocycles. The molecule has 0 fully saturated rings. The minimum absolute atomic E-state index is 0.105. The summed E-state index contributed by atoms with van der Waals surface area (Å²) < 4.78 is 2.49. The Morgan fingerprint density at radius 2 is 0.941 bits per heavy atom. The largest absolute Gasteiger partial charge is 0.310 e. The van der Waals surface area contributed by atoms with Gasteiger partial charge in [-0.3, -0.25) is 0 Å². The molecule has 14 rings (SSSR count). The summed E-state index contributed by atoms with van der Waals surface area (Å²) in [7, 11) is 0. The molecule has 0 saturated heterocycles. The third kappa shape index (κ3) is 5.44. The predicted octanol–water partition coefficient (Wildman–Crippen LogP) is 17.2. The lowest BCUT2D eigenvalue weighted by Gasteiger charge is -2.49. The first kappa shape index (κ1) is 39.1. The third-order valence-corrected chi connectivity index (χ3v) is 16.1. The van der Waals surface area contributed by atoms with Gasteiger partial charge in [0.1, 0.15) is 0 Å². The molecule has 68 heavy (non-hydrogen) atoms. The average Bonchev–Trinajstić information content (AvgIpc) is 3.83. The van der Waals surface area contributed by atoms with Crippen LogP contribution in [0.1, 0.15) is 47.2 Å². The van der Waals surface area contributed by atoms with Gasteiger partial charge in [0.15, 0.2) is 0 Å². The van der Waals surface area contributed by atoms with E-state index in [0.29, 0.717) is 0 Å². The van der Waals surface area contributed by atoms with Crippen LogP contribution in [0.25, 0.3) is 38.6 Å². The van der Waals surface area contributed by atoms with Gasteiger partial charge in [-0.2, -0.15) is 0 Å². The fourth-order valence-corrected chi connectivity index (χ4v) is 13.3. The van der Waals surface area contributed by atoms with Gasteiger partial charge in [-0.05, 0) is 142 Å². The SMILES string of the molecule is CC1(C)c2ccccc2-c2ccc(N(c3ccccc3)c3ccc(-n4c5ccccc5c5cc6c(cc54)C4(c5ccccc5S6)c5ccccc5N(c5ccccc5)c5ccccc54)cc3)cc21. The highest BCUT2D eigenvalue weighted by Crippen LogP contribution is 2.63. The zero-order valence-corrected chi connectivity index (χ0v) is 38.6. The van der Waals surface area contributed by atoms with E-state index < -0.39 is 5.41 Å². The summed E-state index contributed by atoms with van der Waals surface area (Å²) in [5.74, 6) is 0. The van der Waals surface area contributed by atoms with Crippen LogP contribution in [0.5, 0.6) is 0 Å². The molecule has 322 valence electrons. The van der Waals surface area contributed by atoms with Crippen LogP contribution in [0.2, 0.25) is 0 Å². The fraction of sp³-hybridized carbons (Fsp3) is 0.0625. The number of benzene rings is 10. The smallest absolute Gasteiger partial charge is 0.0764 e. The quantitative estimate of drug-likeness (QED) is 0.171. The molecule has 0 saturated carbocycles. The van der Waals surface area contributed by atoms with Gasteiger partial charge in [-0.15, -0.1) is 0 Å².